The molecule has 0 aromatic carbocycles. The number of phosphoric acid groups is 1. The molecule has 0 N–H and O–H groups in total. The van der Waals surface area contributed by atoms with Crippen LogP contribution in [-0.4, -0.2) is 70.0 Å². The van der Waals surface area contributed by atoms with Crippen LogP contribution >= 0.6 is 7.82 Å². The number of allylic oxidation sites excluding steroid dienone is 24. The van der Waals surface area contributed by atoms with Crippen LogP contribution in [0.4, 0.5) is 0 Å². The normalized spacial score (nSPS) is 13.7. The predicted molar refractivity (Wildman–Crippen MR) is 452 cm³/mol. The summed E-state index contributed by atoms with van der Waals surface area (Å²) in [5.74, 6) is -0.827. The third-order valence-corrected chi connectivity index (χ3v) is 19.8. The van der Waals surface area contributed by atoms with Gasteiger partial charge in [0.15, 0.2) is 6.10 Å². The van der Waals surface area contributed by atoms with Crippen molar-refractivity contribution in [2.24, 2.45) is 0 Å². The van der Waals surface area contributed by atoms with Gasteiger partial charge < -0.3 is 27.9 Å². The number of unbranched alkanes of at least 4 members (excludes halogenated alkanes) is 42. The van der Waals surface area contributed by atoms with Crippen molar-refractivity contribution in [1.82, 2.24) is 0 Å². The molecule has 0 aromatic rings. The average molecular weight is 1470 g/mol. The molecule has 9 nitrogen and oxygen atoms in total. The fourth-order valence-corrected chi connectivity index (χ4v) is 13.0. The van der Waals surface area contributed by atoms with E-state index < -0.39 is 26.5 Å². The third-order valence-electron chi connectivity index (χ3n) is 18.8. The standard InChI is InChI=1S/C94H164NO8P/c1-6-8-10-12-14-16-18-20-22-24-26-28-30-32-34-36-38-40-42-44-46-47-49-50-52-54-56-58-60-62-64-66-68-70-72-74-76-78-80-82-84-86-93(96)100-90-92(91-102-104(98,99)101-89-88-95(3,4)5)103-94(97)87-85-83-81-79-77-75-73-71-69-67-65-63-61-59-57-55-53-51-48-45-43-41-39-37-35-33-31-29-27-25-23-21-19-17-15-13-11-9-7-2/h9,11,15,17-18,20-21,23-24,26-27,29-30,32-33,35,39,41,45,48,53,55,59,61,92H,6-8,10,12-14,16,19,22,25,28,31,34,36-38,40,42-44,46-47,49-52,54,56-58,60,62-91H2,1-5H3/b11-9-,17-15-,20-18-,23-21-,26-24-,29-27-,32-30-,35-33-,41-39-,48-45-,55-53-,61-59-. The first-order valence-electron chi connectivity index (χ1n) is 43.5. The lowest BCUT2D eigenvalue weighted by atomic mass is 10.0. The number of carbonyl (C=O) groups is 2. The van der Waals surface area contributed by atoms with Gasteiger partial charge in [0.25, 0.3) is 7.82 Å². The molecule has 0 saturated carbocycles. The first-order valence-corrected chi connectivity index (χ1v) is 45.0. The molecule has 10 heteroatoms. The van der Waals surface area contributed by atoms with Crippen LogP contribution in [0.15, 0.2) is 146 Å². The number of nitrogens with zero attached hydrogens (tertiary/aromatic N) is 1. The van der Waals surface area contributed by atoms with Gasteiger partial charge in [-0.1, -0.05) is 397 Å². The van der Waals surface area contributed by atoms with Gasteiger partial charge >= 0.3 is 11.9 Å². The van der Waals surface area contributed by atoms with E-state index in [4.69, 9.17) is 18.5 Å². The summed E-state index contributed by atoms with van der Waals surface area (Å²) < 4.78 is 34.5. The minimum absolute atomic E-state index is 0.0352. The molecule has 0 aliphatic heterocycles. The molecule has 0 heterocycles. The quantitative estimate of drug-likeness (QED) is 0.0195. The molecule has 598 valence electrons. The van der Waals surface area contributed by atoms with Gasteiger partial charge in [0.05, 0.1) is 27.7 Å². The van der Waals surface area contributed by atoms with Gasteiger partial charge in [0, 0.05) is 12.8 Å². The Bertz CT molecular complexity index is 2280. The van der Waals surface area contributed by atoms with E-state index >= 15 is 0 Å². The van der Waals surface area contributed by atoms with Crippen LogP contribution in [0.1, 0.15) is 386 Å². The van der Waals surface area contributed by atoms with E-state index in [1.807, 2.05) is 21.1 Å². The Morgan fingerprint density at radius 1 is 0.308 bits per heavy atom. The van der Waals surface area contributed by atoms with Crippen molar-refractivity contribution in [1.29, 1.82) is 0 Å². The summed E-state index contributed by atoms with van der Waals surface area (Å²) in [7, 11) is 1.17. The number of esters is 2. The number of ether oxygens (including phenoxy) is 2. The van der Waals surface area contributed by atoms with Crippen molar-refractivity contribution >= 4 is 19.8 Å². The topological polar surface area (TPSA) is 111 Å². The molecular weight excluding hydrogens is 1300 g/mol. The van der Waals surface area contributed by atoms with Crippen LogP contribution < -0.4 is 4.89 Å². The highest BCUT2D eigenvalue weighted by atomic mass is 31.2. The number of quaternary nitrogens is 1. The lowest BCUT2D eigenvalue weighted by molar-refractivity contribution is -0.870. The summed E-state index contributed by atoms with van der Waals surface area (Å²) in [6.45, 7) is 4.14. The Labute approximate surface area is 643 Å². The minimum Gasteiger partial charge on any atom is -0.756 e. The lowest BCUT2D eigenvalue weighted by Gasteiger charge is -2.28. The average Bonchev–Trinajstić information content (AvgIpc) is 0.915. The maximum Gasteiger partial charge on any atom is 0.306 e. The molecule has 2 unspecified atom stereocenters. The van der Waals surface area contributed by atoms with Crippen molar-refractivity contribution in [2.45, 2.75) is 392 Å². The molecule has 0 aliphatic rings. The molecular formula is C94H164NO8P. The fourth-order valence-electron chi connectivity index (χ4n) is 12.3. The molecule has 0 bridgehead atoms. The van der Waals surface area contributed by atoms with Gasteiger partial charge in [-0.25, -0.2) is 0 Å². The van der Waals surface area contributed by atoms with Crippen molar-refractivity contribution < 1.29 is 42.1 Å². The van der Waals surface area contributed by atoms with Gasteiger partial charge in [-0.15, -0.1) is 0 Å². The number of carbonyl (C=O) groups excluding carboxylic acids is 2. The first-order chi connectivity index (χ1) is 51.0. The van der Waals surface area contributed by atoms with E-state index in [0.29, 0.717) is 17.4 Å². The van der Waals surface area contributed by atoms with Crippen molar-refractivity contribution in [3.05, 3.63) is 146 Å². The summed E-state index contributed by atoms with van der Waals surface area (Å²) in [6.07, 6.45) is 123. The molecule has 0 spiro atoms. The molecule has 104 heavy (non-hydrogen) atoms. The summed E-state index contributed by atoms with van der Waals surface area (Å²) in [5.41, 5.74) is 0. The summed E-state index contributed by atoms with van der Waals surface area (Å²) in [4.78, 5) is 38.3. The predicted octanol–water partition coefficient (Wildman–Crippen LogP) is 29.0. The number of hydrogen-bond donors (Lipinski definition) is 0. The van der Waals surface area contributed by atoms with E-state index in [1.165, 1.54) is 238 Å². The number of hydrogen-bond acceptors (Lipinski definition) is 8. The monoisotopic (exact) mass is 1470 g/mol. The second-order valence-corrected chi connectivity index (χ2v) is 31.6. The van der Waals surface area contributed by atoms with Gasteiger partial charge in [-0.05, 0) is 122 Å². The van der Waals surface area contributed by atoms with E-state index in [2.05, 4.69) is 160 Å². The summed E-state index contributed by atoms with van der Waals surface area (Å²) in [5, 5.41) is 0. The Morgan fingerprint density at radius 2 is 0.548 bits per heavy atom. The second kappa shape index (κ2) is 82.9. The largest absolute Gasteiger partial charge is 0.756 e. The maximum atomic E-state index is 12.9. The van der Waals surface area contributed by atoms with Crippen molar-refractivity contribution in [3.8, 4) is 0 Å². The van der Waals surface area contributed by atoms with E-state index in [1.54, 1.807) is 0 Å². The minimum atomic E-state index is -4.66. The van der Waals surface area contributed by atoms with Gasteiger partial charge in [-0.3, -0.25) is 14.2 Å². The second-order valence-electron chi connectivity index (χ2n) is 30.2. The van der Waals surface area contributed by atoms with Crippen LogP contribution in [0.3, 0.4) is 0 Å². The fraction of sp³-hybridized carbons (Fsp3) is 0.723. The Kier molecular flexibility index (Phi) is 79.7. The highest BCUT2D eigenvalue weighted by Gasteiger charge is 2.22. The zero-order valence-electron chi connectivity index (χ0n) is 68.4. The smallest absolute Gasteiger partial charge is 0.306 e. The van der Waals surface area contributed by atoms with Crippen LogP contribution in [-0.2, 0) is 32.7 Å². The van der Waals surface area contributed by atoms with Gasteiger partial charge in [0.1, 0.15) is 19.8 Å². The Hall–Kier alpha value is -4.11. The summed E-state index contributed by atoms with van der Waals surface area (Å²) >= 11 is 0. The highest BCUT2D eigenvalue weighted by molar-refractivity contribution is 7.45. The third kappa shape index (κ3) is 86.8. The maximum absolute atomic E-state index is 12.9. The molecule has 0 aromatic heterocycles. The molecule has 0 radical (unpaired) electrons. The highest BCUT2D eigenvalue weighted by Crippen LogP contribution is 2.38. The number of likely N-dealkylation sites (N-methyl/N-ethyl adjacent to an activating group) is 1. The zero-order chi connectivity index (χ0) is 75.4. The summed E-state index contributed by atoms with van der Waals surface area (Å²) in [6, 6.07) is 0. The SMILES string of the molecule is CC/C=C\C/C=C\C/C=C\C/C=C\C/C=C\C/C=C\C/C=C\C/C=C\C/C=C\CCCCCCCCCCCCCC(=O)OC(COC(=O)CCCCCCCCCCCCCCCCCCCCCCCCCCCC/C=C\C/C=C\C/C=C\CCCCCCC)COP(=O)([O-])OCC[N+](C)(C)C. The number of phosphoric ester groups is 1. The van der Waals surface area contributed by atoms with E-state index in [9.17, 15) is 19.0 Å². The van der Waals surface area contributed by atoms with E-state index in [-0.39, 0.29) is 32.0 Å². The van der Waals surface area contributed by atoms with Crippen LogP contribution in [0.2, 0.25) is 0 Å². The molecule has 0 rings (SSSR count). The van der Waals surface area contributed by atoms with E-state index in [0.717, 1.165) is 116 Å². The van der Waals surface area contributed by atoms with Crippen LogP contribution in [0.5, 0.6) is 0 Å². The molecule has 0 fully saturated rings. The zero-order valence-corrected chi connectivity index (χ0v) is 69.3. The number of rotatable bonds is 80. The molecule has 0 aliphatic carbocycles. The molecule has 2 atom stereocenters. The molecule has 0 saturated heterocycles. The Morgan fingerprint density at radius 3 is 0.817 bits per heavy atom. The Balaban J connectivity index is 3.95. The first kappa shape index (κ1) is 99.9. The van der Waals surface area contributed by atoms with Gasteiger partial charge in [-0.2, -0.15) is 0 Å². The van der Waals surface area contributed by atoms with Crippen LogP contribution in [0, 0.1) is 0 Å². The lowest BCUT2D eigenvalue weighted by Crippen LogP contribution is -2.37. The van der Waals surface area contributed by atoms with Crippen LogP contribution in [0.25, 0.3) is 0 Å². The molecule has 0 amide bonds. The van der Waals surface area contributed by atoms with Crippen molar-refractivity contribution in [2.75, 3.05) is 47.5 Å². The van der Waals surface area contributed by atoms with Crippen molar-refractivity contribution in [3.63, 3.8) is 0 Å². The van der Waals surface area contributed by atoms with Gasteiger partial charge in [0.2, 0.25) is 0 Å².